The lowest BCUT2D eigenvalue weighted by Crippen LogP contribution is -2.36. The van der Waals surface area contributed by atoms with E-state index >= 15 is 0 Å². The van der Waals surface area contributed by atoms with Gasteiger partial charge in [-0.1, -0.05) is 0 Å². The molecule has 0 aromatic carbocycles. The molecule has 0 saturated carbocycles. The van der Waals surface area contributed by atoms with Gasteiger partial charge in [0.15, 0.2) is 0 Å². The third-order valence-corrected chi connectivity index (χ3v) is 5.75. The quantitative estimate of drug-likeness (QED) is 0.754. The summed E-state index contributed by atoms with van der Waals surface area (Å²) in [6.45, 7) is 1.54. The summed E-state index contributed by atoms with van der Waals surface area (Å²) in [5.74, 6) is -0.232. The maximum Gasteiger partial charge on any atom is 0.282 e. The summed E-state index contributed by atoms with van der Waals surface area (Å²) in [6.07, 6.45) is 1.91. The Balaban J connectivity index is 1.47. The van der Waals surface area contributed by atoms with Crippen LogP contribution in [0.15, 0.2) is 18.5 Å². The first-order chi connectivity index (χ1) is 12.4. The number of aromatic nitrogens is 4. The predicted molar refractivity (Wildman–Crippen MR) is 94.8 cm³/mol. The van der Waals surface area contributed by atoms with E-state index < -0.39 is 6.43 Å². The van der Waals surface area contributed by atoms with E-state index in [9.17, 15) is 13.6 Å². The lowest BCUT2D eigenvalue weighted by atomic mass is 10.2. The van der Waals surface area contributed by atoms with Crippen molar-refractivity contribution < 1.29 is 13.6 Å². The maximum atomic E-state index is 13.1. The number of carbonyl (C=O) groups is 1. The van der Waals surface area contributed by atoms with Gasteiger partial charge >= 0.3 is 0 Å². The van der Waals surface area contributed by atoms with Gasteiger partial charge in [-0.05, 0) is 12.5 Å². The Morgan fingerprint density at radius 2 is 2.23 bits per heavy atom. The van der Waals surface area contributed by atoms with Crippen LogP contribution in [0.4, 0.5) is 14.5 Å². The highest BCUT2D eigenvalue weighted by Crippen LogP contribution is 2.33. The summed E-state index contributed by atoms with van der Waals surface area (Å²) < 4.78 is 29.3. The van der Waals surface area contributed by atoms with Crippen LogP contribution in [0.1, 0.15) is 28.2 Å². The molecule has 4 rings (SSSR count). The van der Waals surface area contributed by atoms with Crippen LogP contribution in [0.25, 0.3) is 10.2 Å². The number of nitrogens with zero attached hydrogens (tertiary/aromatic N) is 5. The Hall–Kier alpha value is -2.49. The van der Waals surface area contributed by atoms with Crippen molar-refractivity contribution >= 4 is 33.1 Å². The van der Waals surface area contributed by atoms with Gasteiger partial charge in [-0.25, -0.2) is 8.78 Å². The van der Waals surface area contributed by atoms with Gasteiger partial charge in [-0.3, -0.25) is 14.2 Å². The van der Waals surface area contributed by atoms with Gasteiger partial charge in [0.1, 0.15) is 10.5 Å². The molecule has 1 atom stereocenters. The number of aryl methyl sites for hydroxylation is 2. The average molecular weight is 380 g/mol. The number of carbonyl (C=O) groups excluding carboxylic acids is 1. The number of alkyl halides is 2. The molecule has 3 aromatic rings. The van der Waals surface area contributed by atoms with Gasteiger partial charge < -0.3 is 10.2 Å². The van der Waals surface area contributed by atoms with Gasteiger partial charge in [0.05, 0.1) is 16.8 Å². The zero-order valence-electron chi connectivity index (χ0n) is 14.3. The van der Waals surface area contributed by atoms with Crippen LogP contribution < -0.4 is 10.2 Å². The van der Waals surface area contributed by atoms with E-state index in [1.807, 2.05) is 13.2 Å². The second-order valence-corrected chi connectivity index (χ2v) is 7.45. The van der Waals surface area contributed by atoms with Crippen LogP contribution in [0.3, 0.4) is 0 Å². The number of amides is 1. The third kappa shape index (κ3) is 2.94. The summed E-state index contributed by atoms with van der Waals surface area (Å²) in [5.41, 5.74) is 0.750. The van der Waals surface area contributed by atoms with Crippen molar-refractivity contribution in [3.05, 3.63) is 29.0 Å². The van der Waals surface area contributed by atoms with E-state index in [4.69, 9.17) is 0 Å². The molecule has 1 N–H and O–H groups in total. The molecular weight excluding hydrogens is 362 g/mol. The van der Waals surface area contributed by atoms with Gasteiger partial charge in [0.2, 0.25) is 0 Å². The number of nitrogens with one attached hydrogen (secondary N) is 1. The van der Waals surface area contributed by atoms with Crippen LogP contribution in [0.5, 0.6) is 0 Å². The Morgan fingerprint density at radius 1 is 1.42 bits per heavy atom. The van der Waals surface area contributed by atoms with Crippen LogP contribution in [0, 0.1) is 0 Å². The first kappa shape index (κ1) is 17.0. The summed E-state index contributed by atoms with van der Waals surface area (Å²) >= 11 is 1.18. The van der Waals surface area contributed by atoms with E-state index in [1.165, 1.54) is 22.1 Å². The molecule has 3 aromatic heterocycles. The molecule has 10 heteroatoms. The molecule has 1 fully saturated rings. The monoisotopic (exact) mass is 380 g/mol. The Labute approximate surface area is 152 Å². The van der Waals surface area contributed by atoms with E-state index in [2.05, 4.69) is 20.4 Å². The molecule has 1 aliphatic rings. The van der Waals surface area contributed by atoms with E-state index in [0.717, 1.165) is 18.7 Å². The first-order valence-electron chi connectivity index (χ1n) is 8.21. The normalized spacial score (nSPS) is 17.6. The molecule has 4 heterocycles. The molecule has 1 amide bonds. The molecule has 1 saturated heterocycles. The summed E-state index contributed by atoms with van der Waals surface area (Å²) in [4.78, 5) is 15.7. The number of fused-ring (bicyclic) bond motifs is 1. The van der Waals surface area contributed by atoms with E-state index in [0.29, 0.717) is 21.6 Å². The molecule has 26 heavy (non-hydrogen) atoms. The van der Waals surface area contributed by atoms with Gasteiger partial charge in [-0.15, -0.1) is 11.3 Å². The van der Waals surface area contributed by atoms with Crippen LogP contribution in [-0.4, -0.2) is 44.6 Å². The molecule has 1 unspecified atom stereocenters. The Bertz CT molecular complexity index is 961. The third-order valence-electron chi connectivity index (χ3n) is 4.55. The van der Waals surface area contributed by atoms with Crippen molar-refractivity contribution in [2.75, 3.05) is 18.0 Å². The van der Waals surface area contributed by atoms with Crippen LogP contribution in [0.2, 0.25) is 0 Å². The predicted octanol–water partition coefficient (Wildman–Crippen LogP) is 2.31. The minimum absolute atomic E-state index is 0.0145. The molecule has 0 aliphatic carbocycles. The highest BCUT2D eigenvalue weighted by atomic mass is 32.1. The smallest absolute Gasteiger partial charge is 0.282 e. The SMILES string of the molecule is Cn1cc(N2CCC(NC(=O)c3cc4c(C(F)F)nn(C)c4s3)C2)cn1. The van der Waals surface area contributed by atoms with E-state index in [1.54, 1.807) is 17.9 Å². The number of anilines is 1. The van der Waals surface area contributed by atoms with Crippen molar-refractivity contribution in [3.63, 3.8) is 0 Å². The van der Waals surface area contributed by atoms with Crippen molar-refractivity contribution in [3.8, 4) is 0 Å². The highest BCUT2D eigenvalue weighted by Gasteiger charge is 2.27. The molecule has 0 spiro atoms. The van der Waals surface area contributed by atoms with Gasteiger partial charge in [0, 0.05) is 44.8 Å². The van der Waals surface area contributed by atoms with Gasteiger partial charge in [0.25, 0.3) is 12.3 Å². The summed E-state index contributed by atoms with van der Waals surface area (Å²) in [6, 6.07) is 1.53. The van der Waals surface area contributed by atoms with Crippen LogP contribution >= 0.6 is 11.3 Å². The highest BCUT2D eigenvalue weighted by molar-refractivity contribution is 7.20. The Kier molecular flexibility index (Phi) is 4.14. The Morgan fingerprint density at radius 3 is 2.92 bits per heavy atom. The fourth-order valence-electron chi connectivity index (χ4n) is 3.28. The lowest BCUT2D eigenvalue weighted by molar-refractivity contribution is 0.0944. The molecule has 7 nitrogen and oxygen atoms in total. The standard InChI is InChI=1S/C16H18F2N6OS/c1-22-8-10(6-19-22)24-4-3-9(7-24)20-15(25)12-5-11-13(14(17)18)21-23(2)16(11)26-12/h5-6,8-9,14H,3-4,7H2,1-2H3,(H,20,25). The summed E-state index contributed by atoms with van der Waals surface area (Å²) in [5, 5.41) is 11.3. The molecule has 0 radical (unpaired) electrons. The minimum Gasteiger partial charge on any atom is -0.367 e. The topological polar surface area (TPSA) is 68.0 Å². The zero-order valence-corrected chi connectivity index (χ0v) is 15.1. The molecule has 0 bridgehead atoms. The average Bonchev–Trinajstić information content (AvgIpc) is 3.32. The second-order valence-electron chi connectivity index (χ2n) is 6.42. The fourth-order valence-corrected chi connectivity index (χ4v) is 4.26. The number of thiophene rings is 1. The van der Waals surface area contributed by atoms with Crippen molar-refractivity contribution in [1.29, 1.82) is 0 Å². The molecular formula is C16H18F2N6OS. The maximum absolute atomic E-state index is 13.1. The van der Waals surface area contributed by atoms with Crippen molar-refractivity contribution in [1.82, 2.24) is 24.9 Å². The van der Waals surface area contributed by atoms with E-state index in [-0.39, 0.29) is 17.6 Å². The zero-order chi connectivity index (χ0) is 18.4. The lowest BCUT2D eigenvalue weighted by Gasteiger charge is -2.16. The number of rotatable bonds is 4. The molecule has 138 valence electrons. The van der Waals surface area contributed by atoms with Gasteiger partial charge in [-0.2, -0.15) is 10.2 Å². The number of hydrogen-bond acceptors (Lipinski definition) is 5. The largest absolute Gasteiger partial charge is 0.367 e. The van der Waals surface area contributed by atoms with Crippen molar-refractivity contribution in [2.45, 2.75) is 18.9 Å². The first-order valence-corrected chi connectivity index (χ1v) is 9.03. The molecule has 1 aliphatic heterocycles. The minimum atomic E-state index is -2.66. The van der Waals surface area contributed by atoms with Crippen LogP contribution in [-0.2, 0) is 14.1 Å². The fraction of sp³-hybridized carbons (Fsp3) is 0.438. The van der Waals surface area contributed by atoms with Crippen molar-refractivity contribution in [2.24, 2.45) is 14.1 Å². The summed E-state index contributed by atoms with van der Waals surface area (Å²) in [7, 11) is 3.47. The number of halogens is 2. The number of hydrogen-bond donors (Lipinski definition) is 1. The second kappa shape index (κ2) is 6.35.